The number of carbonyl (C=O) groups excluding carboxylic acids is 1. The highest BCUT2D eigenvalue weighted by atomic mass is 79.9. The summed E-state index contributed by atoms with van der Waals surface area (Å²) < 4.78 is 6.77. The maximum atomic E-state index is 11.0. The van der Waals surface area contributed by atoms with Crippen molar-refractivity contribution in [2.24, 2.45) is 0 Å². The molecule has 0 radical (unpaired) electrons. The summed E-state index contributed by atoms with van der Waals surface area (Å²) in [6.45, 7) is 6.13. The molecule has 0 aliphatic heterocycles. The van der Waals surface area contributed by atoms with Crippen LogP contribution >= 0.6 is 15.9 Å². The van der Waals surface area contributed by atoms with Crippen LogP contribution in [0.25, 0.3) is 0 Å². The summed E-state index contributed by atoms with van der Waals surface area (Å²) in [7, 11) is 0. The van der Waals surface area contributed by atoms with Gasteiger partial charge < -0.3 is 4.74 Å². The van der Waals surface area contributed by atoms with Gasteiger partial charge in [-0.3, -0.25) is 4.79 Å². The molecule has 0 aliphatic rings. The zero-order chi connectivity index (χ0) is 12.1. The molecule has 3 heteroatoms. The number of aryl methyl sites for hydroxylation is 1. The number of halogens is 1. The van der Waals surface area contributed by atoms with Crippen LogP contribution in [0.5, 0.6) is 5.75 Å². The van der Waals surface area contributed by atoms with Crippen molar-refractivity contribution in [3.8, 4) is 5.75 Å². The Kier molecular flexibility index (Phi) is 5.00. The number of carbonyl (C=O) groups is 1. The topological polar surface area (TPSA) is 26.3 Å². The predicted molar refractivity (Wildman–Crippen MR) is 69.3 cm³/mol. The molecule has 0 spiro atoms. The fraction of sp³-hybridized carbons (Fsp3) is 0.462. The fourth-order valence-corrected chi connectivity index (χ4v) is 2.22. The Morgan fingerprint density at radius 2 is 2.00 bits per heavy atom. The van der Waals surface area contributed by atoms with Crippen LogP contribution < -0.4 is 4.74 Å². The molecule has 0 atom stereocenters. The molecule has 0 N–H and O–H groups in total. The van der Waals surface area contributed by atoms with Gasteiger partial charge in [-0.05, 0) is 37.5 Å². The zero-order valence-electron chi connectivity index (χ0n) is 9.92. The van der Waals surface area contributed by atoms with E-state index in [2.05, 4.69) is 29.8 Å². The van der Waals surface area contributed by atoms with Crippen molar-refractivity contribution in [1.29, 1.82) is 0 Å². The third-order valence-corrected chi connectivity index (χ3v) is 3.05. The predicted octanol–water partition coefficient (Wildman–Crippen LogP) is 4.14. The van der Waals surface area contributed by atoms with Gasteiger partial charge in [0.15, 0.2) is 6.29 Å². The number of benzene rings is 1. The second-order valence-corrected chi connectivity index (χ2v) is 4.73. The van der Waals surface area contributed by atoms with E-state index in [1.807, 2.05) is 13.0 Å². The van der Waals surface area contributed by atoms with E-state index >= 15 is 0 Å². The van der Waals surface area contributed by atoms with E-state index < -0.39 is 0 Å². The van der Waals surface area contributed by atoms with Gasteiger partial charge in [-0.2, -0.15) is 0 Å². The lowest BCUT2D eigenvalue weighted by atomic mass is 10.1. The van der Waals surface area contributed by atoms with Crippen molar-refractivity contribution in [2.45, 2.75) is 39.7 Å². The molecule has 1 rings (SSSR count). The fourth-order valence-electron chi connectivity index (χ4n) is 1.63. The summed E-state index contributed by atoms with van der Waals surface area (Å²) in [4.78, 5) is 11.0. The van der Waals surface area contributed by atoms with E-state index in [0.717, 1.165) is 29.2 Å². The van der Waals surface area contributed by atoms with Crippen molar-refractivity contribution in [3.05, 3.63) is 27.7 Å². The van der Waals surface area contributed by atoms with Gasteiger partial charge in [-0.1, -0.05) is 29.8 Å². The lowest BCUT2D eigenvalue weighted by Gasteiger charge is -2.19. The average Bonchev–Trinajstić information content (AvgIpc) is 2.27. The molecule has 88 valence electrons. The Bertz CT molecular complexity index is 370. The molecular formula is C13H17BrO2. The summed E-state index contributed by atoms with van der Waals surface area (Å²) in [5.74, 6) is 0.715. The Balaban J connectivity index is 3.06. The molecule has 0 bridgehead atoms. The first-order valence-corrected chi connectivity index (χ1v) is 6.33. The number of hydrogen-bond donors (Lipinski definition) is 0. The van der Waals surface area contributed by atoms with Crippen LogP contribution in [0, 0.1) is 6.92 Å². The van der Waals surface area contributed by atoms with Gasteiger partial charge in [0.05, 0.1) is 11.7 Å². The van der Waals surface area contributed by atoms with E-state index in [1.54, 1.807) is 6.07 Å². The number of aldehydes is 1. The van der Waals surface area contributed by atoms with Gasteiger partial charge in [-0.25, -0.2) is 0 Å². The van der Waals surface area contributed by atoms with Crippen molar-refractivity contribution in [1.82, 2.24) is 0 Å². The van der Waals surface area contributed by atoms with E-state index in [9.17, 15) is 4.79 Å². The second kappa shape index (κ2) is 6.04. The highest BCUT2D eigenvalue weighted by Crippen LogP contribution is 2.28. The molecular weight excluding hydrogens is 268 g/mol. The van der Waals surface area contributed by atoms with Gasteiger partial charge in [0.2, 0.25) is 0 Å². The third kappa shape index (κ3) is 3.08. The minimum absolute atomic E-state index is 0.179. The lowest BCUT2D eigenvalue weighted by molar-refractivity contribution is 0.111. The minimum Gasteiger partial charge on any atom is -0.489 e. The summed E-state index contributed by atoms with van der Waals surface area (Å²) in [6, 6.07) is 3.75. The molecule has 2 nitrogen and oxygen atoms in total. The Hall–Kier alpha value is -0.830. The van der Waals surface area contributed by atoms with Gasteiger partial charge in [0.25, 0.3) is 0 Å². The van der Waals surface area contributed by atoms with Crippen LogP contribution in [0.2, 0.25) is 0 Å². The first-order valence-electron chi connectivity index (χ1n) is 5.54. The molecule has 0 saturated carbocycles. The SMILES string of the molecule is CCC(CC)Oc1c(C)cc(Br)cc1C=O. The van der Waals surface area contributed by atoms with Crippen LogP contribution in [0.4, 0.5) is 0 Å². The third-order valence-electron chi connectivity index (χ3n) is 2.59. The average molecular weight is 285 g/mol. The van der Waals surface area contributed by atoms with Gasteiger partial charge in [0.1, 0.15) is 5.75 Å². The number of rotatable bonds is 5. The van der Waals surface area contributed by atoms with E-state index in [-0.39, 0.29) is 6.10 Å². The maximum Gasteiger partial charge on any atom is 0.153 e. The standard InChI is InChI=1S/C13H17BrO2/c1-4-12(5-2)16-13-9(3)6-11(14)7-10(13)8-15/h6-8,12H,4-5H2,1-3H3. The van der Waals surface area contributed by atoms with Crippen LogP contribution in [0.3, 0.4) is 0 Å². The van der Waals surface area contributed by atoms with Crippen molar-refractivity contribution in [2.75, 3.05) is 0 Å². The van der Waals surface area contributed by atoms with Gasteiger partial charge in [-0.15, -0.1) is 0 Å². The van der Waals surface area contributed by atoms with Crippen molar-refractivity contribution >= 4 is 22.2 Å². The quantitative estimate of drug-likeness (QED) is 0.760. The molecule has 0 fully saturated rings. The summed E-state index contributed by atoms with van der Waals surface area (Å²) in [5, 5.41) is 0. The molecule has 16 heavy (non-hydrogen) atoms. The molecule has 0 unspecified atom stereocenters. The van der Waals surface area contributed by atoms with Crippen molar-refractivity contribution < 1.29 is 9.53 Å². The van der Waals surface area contributed by atoms with Crippen LogP contribution in [-0.4, -0.2) is 12.4 Å². The summed E-state index contributed by atoms with van der Waals surface area (Å²) in [5.41, 5.74) is 1.60. The lowest BCUT2D eigenvalue weighted by Crippen LogP contribution is -2.15. The van der Waals surface area contributed by atoms with E-state index in [1.165, 1.54) is 0 Å². The number of ether oxygens (including phenoxy) is 1. The van der Waals surface area contributed by atoms with Crippen LogP contribution in [0.15, 0.2) is 16.6 Å². The van der Waals surface area contributed by atoms with Gasteiger partial charge in [0, 0.05) is 4.47 Å². The molecule has 1 aromatic rings. The van der Waals surface area contributed by atoms with Crippen LogP contribution in [-0.2, 0) is 0 Å². The Morgan fingerprint density at radius 3 is 2.50 bits per heavy atom. The Labute approximate surface area is 105 Å². The molecule has 0 amide bonds. The molecule has 0 aliphatic carbocycles. The first-order chi connectivity index (χ1) is 7.62. The van der Waals surface area contributed by atoms with Gasteiger partial charge >= 0.3 is 0 Å². The first kappa shape index (κ1) is 13.2. The van der Waals surface area contributed by atoms with Crippen molar-refractivity contribution in [3.63, 3.8) is 0 Å². The minimum atomic E-state index is 0.179. The second-order valence-electron chi connectivity index (χ2n) is 3.82. The highest BCUT2D eigenvalue weighted by Gasteiger charge is 2.12. The number of hydrogen-bond acceptors (Lipinski definition) is 2. The molecule has 1 aromatic carbocycles. The molecule has 0 heterocycles. The van der Waals surface area contributed by atoms with Crippen LogP contribution in [0.1, 0.15) is 42.6 Å². The zero-order valence-corrected chi connectivity index (χ0v) is 11.5. The monoisotopic (exact) mass is 284 g/mol. The molecule has 0 saturated heterocycles. The smallest absolute Gasteiger partial charge is 0.153 e. The molecule has 0 aromatic heterocycles. The largest absolute Gasteiger partial charge is 0.489 e. The summed E-state index contributed by atoms with van der Waals surface area (Å²) in [6.07, 6.45) is 2.92. The maximum absolute atomic E-state index is 11.0. The normalized spacial score (nSPS) is 10.6. The summed E-state index contributed by atoms with van der Waals surface area (Å²) >= 11 is 3.37. The van der Waals surface area contributed by atoms with E-state index in [0.29, 0.717) is 11.3 Å². The Morgan fingerprint density at radius 1 is 1.38 bits per heavy atom. The van der Waals surface area contributed by atoms with E-state index in [4.69, 9.17) is 4.74 Å². The highest BCUT2D eigenvalue weighted by molar-refractivity contribution is 9.10.